The maximum atomic E-state index is 13.4. The second-order valence-electron chi connectivity index (χ2n) is 7.95. The average molecular weight is 448 g/mol. The summed E-state index contributed by atoms with van der Waals surface area (Å²) < 4.78 is 0. The third-order valence-corrected chi connectivity index (χ3v) is 7.35. The molecular formula is C28H16O4S. The summed E-state index contributed by atoms with van der Waals surface area (Å²) in [4.78, 5) is 28.7. The van der Waals surface area contributed by atoms with Crippen molar-refractivity contribution in [2.45, 2.75) is 0 Å². The molecule has 0 fully saturated rings. The zero-order valence-corrected chi connectivity index (χ0v) is 18.0. The molecule has 1 aromatic heterocycles. The molecule has 0 spiro atoms. The minimum atomic E-state index is -0.471. The van der Waals surface area contributed by atoms with Crippen LogP contribution >= 0.6 is 11.3 Å². The molecule has 6 rings (SSSR count). The summed E-state index contributed by atoms with van der Waals surface area (Å²) in [5.74, 6) is -1.57. The Morgan fingerprint density at radius 2 is 0.939 bits per heavy atom. The molecule has 33 heavy (non-hydrogen) atoms. The maximum Gasteiger partial charge on any atom is 0.198 e. The molecule has 0 bridgehead atoms. The van der Waals surface area contributed by atoms with Crippen molar-refractivity contribution in [1.29, 1.82) is 0 Å². The number of benzene rings is 4. The van der Waals surface area contributed by atoms with Crippen molar-refractivity contribution in [1.82, 2.24) is 0 Å². The highest BCUT2D eigenvalue weighted by molar-refractivity contribution is 7.21. The number of hydrogen-bond donors (Lipinski definition) is 2. The minimum Gasteiger partial charge on any atom is -0.507 e. The summed E-state index contributed by atoms with van der Waals surface area (Å²) in [5.41, 5.74) is 2.21. The van der Waals surface area contributed by atoms with Gasteiger partial charge in [-0.25, -0.2) is 0 Å². The Hall–Kier alpha value is -4.22. The summed E-state index contributed by atoms with van der Waals surface area (Å²) in [6, 6.07) is 25.8. The number of aromatic hydroxyl groups is 2. The molecule has 158 valence electrons. The van der Waals surface area contributed by atoms with Crippen molar-refractivity contribution in [3.63, 3.8) is 0 Å². The quantitative estimate of drug-likeness (QED) is 0.300. The van der Waals surface area contributed by atoms with Crippen LogP contribution < -0.4 is 0 Å². The molecule has 1 heterocycles. The van der Waals surface area contributed by atoms with E-state index in [0.29, 0.717) is 0 Å². The van der Waals surface area contributed by atoms with Gasteiger partial charge in [0.15, 0.2) is 11.6 Å². The van der Waals surface area contributed by atoms with Gasteiger partial charge in [-0.2, -0.15) is 0 Å². The molecule has 0 saturated carbocycles. The number of rotatable bonds is 2. The molecule has 0 radical (unpaired) electrons. The van der Waals surface area contributed by atoms with Gasteiger partial charge in [-0.05, 0) is 35.4 Å². The van der Waals surface area contributed by atoms with E-state index in [4.69, 9.17) is 0 Å². The lowest BCUT2D eigenvalue weighted by atomic mass is 9.81. The molecule has 5 heteroatoms. The standard InChI is InChI=1S/C28H16O4S/c29-21-11-12-22(30)24-23(21)25(31)17-13-19-20(14-18(17)26(24)32)28(16-9-5-2-6-10-16)33-27(19)15-7-3-1-4-8-15/h1-14,29-30H. The van der Waals surface area contributed by atoms with Crippen LogP contribution in [0, 0.1) is 0 Å². The molecule has 0 amide bonds. The second kappa shape index (κ2) is 7.15. The van der Waals surface area contributed by atoms with Gasteiger partial charge in [0, 0.05) is 31.7 Å². The maximum absolute atomic E-state index is 13.4. The first-order valence-electron chi connectivity index (χ1n) is 10.4. The molecule has 0 aliphatic heterocycles. The fraction of sp³-hybridized carbons (Fsp3) is 0. The third kappa shape index (κ3) is 2.83. The van der Waals surface area contributed by atoms with Crippen LogP contribution in [0.5, 0.6) is 11.5 Å². The van der Waals surface area contributed by atoms with Crippen molar-refractivity contribution >= 4 is 33.7 Å². The van der Waals surface area contributed by atoms with Crippen LogP contribution in [-0.2, 0) is 0 Å². The Balaban J connectivity index is 1.69. The number of ketones is 2. The van der Waals surface area contributed by atoms with E-state index in [-0.39, 0.29) is 33.8 Å². The predicted octanol–water partition coefficient (Wildman–Crippen LogP) is 6.42. The lowest BCUT2D eigenvalue weighted by molar-refractivity contribution is 0.0974. The minimum absolute atomic E-state index is 0.147. The fourth-order valence-electron chi connectivity index (χ4n) is 4.48. The topological polar surface area (TPSA) is 74.6 Å². The zero-order valence-electron chi connectivity index (χ0n) is 17.2. The first kappa shape index (κ1) is 19.5. The zero-order chi connectivity index (χ0) is 22.7. The normalized spacial score (nSPS) is 12.6. The summed E-state index contributed by atoms with van der Waals surface area (Å²) in [5, 5.41) is 22.4. The molecule has 4 aromatic carbocycles. The average Bonchev–Trinajstić information content (AvgIpc) is 3.23. The molecule has 0 atom stereocenters. The predicted molar refractivity (Wildman–Crippen MR) is 129 cm³/mol. The Bertz CT molecular complexity index is 1480. The number of hydrogen-bond acceptors (Lipinski definition) is 5. The van der Waals surface area contributed by atoms with Gasteiger partial charge in [-0.1, -0.05) is 60.7 Å². The van der Waals surface area contributed by atoms with Crippen LogP contribution in [0.15, 0.2) is 84.9 Å². The lowest BCUT2D eigenvalue weighted by Crippen LogP contribution is -2.21. The van der Waals surface area contributed by atoms with Gasteiger partial charge in [0.2, 0.25) is 0 Å². The van der Waals surface area contributed by atoms with E-state index in [2.05, 4.69) is 0 Å². The highest BCUT2D eigenvalue weighted by Crippen LogP contribution is 2.47. The summed E-state index contributed by atoms with van der Waals surface area (Å²) in [6.45, 7) is 0. The smallest absolute Gasteiger partial charge is 0.198 e. The van der Waals surface area contributed by atoms with Crippen LogP contribution in [0.2, 0.25) is 0 Å². The monoisotopic (exact) mass is 448 g/mol. The Labute approximate surface area is 193 Å². The first-order chi connectivity index (χ1) is 16.0. The molecule has 5 aromatic rings. The van der Waals surface area contributed by atoms with Gasteiger partial charge in [0.05, 0.1) is 11.1 Å². The number of phenolic OH excluding ortho intramolecular Hbond substituents is 2. The van der Waals surface area contributed by atoms with E-state index in [0.717, 1.165) is 31.7 Å². The first-order valence-corrected chi connectivity index (χ1v) is 11.2. The Morgan fingerprint density at radius 1 is 0.545 bits per heavy atom. The van der Waals surface area contributed by atoms with E-state index in [1.54, 1.807) is 23.5 Å². The summed E-state index contributed by atoms with van der Waals surface area (Å²) in [7, 11) is 0. The third-order valence-electron chi connectivity index (χ3n) is 6.03. The van der Waals surface area contributed by atoms with Crippen molar-refractivity contribution in [3.8, 4) is 32.4 Å². The van der Waals surface area contributed by atoms with Gasteiger partial charge in [-0.15, -0.1) is 11.3 Å². The lowest BCUT2D eigenvalue weighted by Gasteiger charge is -2.19. The fourth-order valence-corrected chi connectivity index (χ4v) is 5.75. The van der Waals surface area contributed by atoms with Gasteiger partial charge in [0.25, 0.3) is 0 Å². The number of carbonyl (C=O) groups excluding carboxylic acids is 2. The Morgan fingerprint density at radius 3 is 1.33 bits per heavy atom. The number of fused-ring (bicyclic) bond motifs is 3. The molecule has 1 aliphatic carbocycles. The summed E-state index contributed by atoms with van der Waals surface area (Å²) >= 11 is 1.61. The highest BCUT2D eigenvalue weighted by atomic mass is 32.1. The van der Waals surface area contributed by atoms with Crippen molar-refractivity contribution in [2.75, 3.05) is 0 Å². The van der Waals surface area contributed by atoms with E-state index in [1.807, 2.05) is 60.7 Å². The van der Waals surface area contributed by atoms with Crippen molar-refractivity contribution < 1.29 is 19.8 Å². The molecular weight excluding hydrogens is 432 g/mol. The molecule has 2 N–H and O–H groups in total. The largest absolute Gasteiger partial charge is 0.507 e. The van der Waals surface area contributed by atoms with Crippen molar-refractivity contribution in [2.24, 2.45) is 0 Å². The molecule has 0 saturated heterocycles. The van der Waals surface area contributed by atoms with Crippen LogP contribution in [0.4, 0.5) is 0 Å². The van der Waals surface area contributed by atoms with Crippen LogP contribution in [-0.4, -0.2) is 21.8 Å². The SMILES string of the molecule is O=C1c2cc3c(-c4ccccc4)sc(-c4ccccc4)c3cc2C(=O)c2c(O)ccc(O)c21. The highest BCUT2D eigenvalue weighted by Gasteiger charge is 2.35. The van der Waals surface area contributed by atoms with Crippen LogP contribution in [0.1, 0.15) is 31.8 Å². The van der Waals surface area contributed by atoms with Gasteiger partial charge in [0.1, 0.15) is 11.5 Å². The van der Waals surface area contributed by atoms with E-state index in [9.17, 15) is 19.8 Å². The number of carbonyl (C=O) groups is 2. The van der Waals surface area contributed by atoms with Gasteiger partial charge < -0.3 is 10.2 Å². The summed E-state index contributed by atoms with van der Waals surface area (Å²) in [6.07, 6.45) is 0. The van der Waals surface area contributed by atoms with Crippen LogP contribution in [0.3, 0.4) is 0 Å². The van der Waals surface area contributed by atoms with Gasteiger partial charge in [-0.3, -0.25) is 9.59 Å². The van der Waals surface area contributed by atoms with Gasteiger partial charge >= 0.3 is 0 Å². The Kier molecular flexibility index (Phi) is 4.22. The van der Waals surface area contributed by atoms with Crippen LogP contribution in [0.25, 0.3) is 31.7 Å². The van der Waals surface area contributed by atoms with E-state index >= 15 is 0 Å². The molecule has 1 aliphatic rings. The number of thiophene rings is 1. The van der Waals surface area contributed by atoms with E-state index < -0.39 is 11.6 Å². The molecule has 4 nitrogen and oxygen atoms in total. The number of phenols is 2. The second-order valence-corrected chi connectivity index (χ2v) is 8.97. The van der Waals surface area contributed by atoms with E-state index in [1.165, 1.54) is 12.1 Å². The van der Waals surface area contributed by atoms with Crippen molar-refractivity contribution in [3.05, 3.63) is 107 Å². The molecule has 0 unspecified atom stereocenters.